The van der Waals surface area contributed by atoms with Crippen molar-refractivity contribution in [1.82, 2.24) is 4.98 Å². The number of nitrogens with zero attached hydrogens (tertiary/aromatic N) is 1. The molecule has 3 aromatic rings. The number of benzene rings is 2. The topological polar surface area (TPSA) is 127 Å². The number of ether oxygens (including phenoxy) is 8. The van der Waals surface area contributed by atoms with Crippen LogP contribution < -0.4 is 9.47 Å². The summed E-state index contributed by atoms with van der Waals surface area (Å²) in [6, 6.07) is 19.1. The summed E-state index contributed by atoms with van der Waals surface area (Å²) in [4.78, 5) is 4.55. The smallest absolute Gasteiger partial charge is 0.123 e. The monoisotopic (exact) mass is 587 g/mol. The first kappa shape index (κ1) is 33.1. The lowest BCUT2D eigenvalue weighted by atomic mass is 10.3. The van der Waals surface area contributed by atoms with Crippen LogP contribution in [-0.4, -0.2) is 94.5 Å². The van der Waals surface area contributed by atoms with Crippen molar-refractivity contribution >= 4 is 0 Å². The standard InChI is InChI=1S/C31H41NO10/c33-28-6-2-8-30(22-28)41-20-18-37-12-10-35-14-16-39-24-26-4-1-5-27(32-26)25-40-17-15-36-11-13-38-19-21-42-31-9-3-7-29(34)23-31/h1-9,22-23,33-34H,10-21,24-25H2. The third-order valence-electron chi connectivity index (χ3n) is 5.48. The summed E-state index contributed by atoms with van der Waals surface area (Å²) in [5.74, 6) is 1.55. The maximum atomic E-state index is 9.40. The molecule has 0 amide bonds. The minimum atomic E-state index is 0.171. The molecule has 2 aromatic carbocycles. The van der Waals surface area contributed by atoms with Gasteiger partial charge in [-0.25, -0.2) is 0 Å². The fourth-order valence-electron chi connectivity index (χ4n) is 3.51. The number of aromatic nitrogens is 1. The average molecular weight is 588 g/mol. The van der Waals surface area contributed by atoms with Gasteiger partial charge in [-0.2, -0.15) is 0 Å². The van der Waals surface area contributed by atoms with E-state index < -0.39 is 0 Å². The molecule has 0 aliphatic carbocycles. The quantitative estimate of drug-likeness (QED) is 0.149. The van der Waals surface area contributed by atoms with Gasteiger partial charge in [-0.1, -0.05) is 18.2 Å². The summed E-state index contributed by atoms with van der Waals surface area (Å²) in [7, 11) is 0. The second-order valence-corrected chi connectivity index (χ2v) is 8.87. The van der Waals surface area contributed by atoms with Crippen LogP contribution in [0.2, 0.25) is 0 Å². The van der Waals surface area contributed by atoms with Crippen LogP contribution >= 0.6 is 0 Å². The Morgan fingerprint density at radius 3 is 1.19 bits per heavy atom. The molecule has 0 aliphatic heterocycles. The van der Waals surface area contributed by atoms with E-state index in [-0.39, 0.29) is 11.5 Å². The highest BCUT2D eigenvalue weighted by molar-refractivity contribution is 5.32. The van der Waals surface area contributed by atoms with Crippen LogP contribution in [-0.2, 0) is 41.6 Å². The Kier molecular flexibility index (Phi) is 16.8. The zero-order chi connectivity index (χ0) is 29.5. The fraction of sp³-hybridized carbons (Fsp3) is 0.452. The Morgan fingerprint density at radius 2 is 0.786 bits per heavy atom. The summed E-state index contributed by atoms with van der Waals surface area (Å²) >= 11 is 0. The Bertz CT molecular complexity index is 1030. The Labute approximate surface area is 246 Å². The molecule has 1 aromatic heterocycles. The minimum Gasteiger partial charge on any atom is -0.508 e. The zero-order valence-corrected chi connectivity index (χ0v) is 23.9. The molecule has 0 radical (unpaired) electrons. The molecule has 0 saturated heterocycles. The number of pyridine rings is 1. The van der Waals surface area contributed by atoms with Crippen molar-refractivity contribution in [3.05, 3.63) is 78.1 Å². The van der Waals surface area contributed by atoms with E-state index in [0.717, 1.165) is 11.4 Å². The average Bonchev–Trinajstić information content (AvgIpc) is 2.99. The predicted octanol–water partition coefficient (Wildman–Crippen LogP) is 3.75. The van der Waals surface area contributed by atoms with E-state index in [0.29, 0.717) is 104 Å². The van der Waals surface area contributed by atoms with Crippen molar-refractivity contribution in [3.8, 4) is 23.0 Å². The van der Waals surface area contributed by atoms with Crippen molar-refractivity contribution in [2.45, 2.75) is 13.2 Å². The van der Waals surface area contributed by atoms with E-state index in [9.17, 15) is 10.2 Å². The van der Waals surface area contributed by atoms with Crippen molar-refractivity contribution in [1.29, 1.82) is 0 Å². The number of rotatable bonds is 24. The van der Waals surface area contributed by atoms with Crippen molar-refractivity contribution in [2.75, 3.05) is 79.3 Å². The molecule has 3 rings (SSSR count). The van der Waals surface area contributed by atoms with Crippen LogP contribution in [0.5, 0.6) is 23.0 Å². The molecule has 11 heteroatoms. The molecule has 0 saturated carbocycles. The van der Waals surface area contributed by atoms with Crippen LogP contribution in [0.25, 0.3) is 0 Å². The number of phenols is 2. The van der Waals surface area contributed by atoms with E-state index in [1.54, 1.807) is 48.5 Å². The number of aromatic hydroxyl groups is 2. The first-order chi connectivity index (χ1) is 20.7. The second-order valence-electron chi connectivity index (χ2n) is 8.87. The van der Waals surface area contributed by atoms with Crippen LogP contribution in [0.15, 0.2) is 66.7 Å². The lowest BCUT2D eigenvalue weighted by Crippen LogP contribution is -2.13. The third kappa shape index (κ3) is 15.5. The predicted molar refractivity (Wildman–Crippen MR) is 154 cm³/mol. The fourth-order valence-corrected chi connectivity index (χ4v) is 3.51. The third-order valence-corrected chi connectivity index (χ3v) is 5.48. The Balaban J connectivity index is 1.08. The van der Waals surface area contributed by atoms with Crippen LogP contribution in [0.1, 0.15) is 11.4 Å². The van der Waals surface area contributed by atoms with Gasteiger partial charge in [-0.3, -0.25) is 4.98 Å². The highest BCUT2D eigenvalue weighted by atomic mass is 16.6. The van der Waals surface area contributed by atoms with Crippen LogP contribution in [0.4, 0.5) is 0 Å². The second kappa shape index (κ2) is 21.3. The Hall–Kier alpha value is -3.45. The number of phenolic OH excluding ortho intramolecular Hbond substituents is 2. The molecule has 2 N–H and O–H groups in total. The molecule has 0 fully saturated rings. The molecule has 0 unspecified atom stereocenters. The summed E-state index contributed by atoms with van der Waals surface area (Å²) in [5.41, 5.74) is 1.65. The summed E-state index contributed by atoms with van der Waals surface area (Å²) in [6.07, 6.45) is 0. The molecular formula is C31H41NO10. The zero-order valence-electron chi connectivity index (χ0n) is 23.9. The molecule has 42 heavy (non-hydrogen) atoms. The summed E-state index contributed by atoms with van der Waals surface area (Å²) < 4.78 is 44.2. The van der Waals surface area contributed by atoms with E-state index >= 15 is 0 Å². The maximum Gasteiger partial charge on any atom is 0.123 e. The Morgan fingerprint density at radius 1 is 0.429 bits per heavy atom. The van der Waals surface area contributed by atoms with E-state index in [2.05, 4.69) is 4.98 Å². The molecular weight excluding hydrogens is 546 g/mol. The van der Waals surface area contributed by atoms with Crippen LogP contribution in [0.3, 0.4) is 0 Å². The van der Waals surface area contributed by atoms with E-state index in [1.807, 2.05) is 18.2 Å². The van der Waals surface area contributed by atoms with Gasteiger partial charge in [-0.15, -0.1) is 0 Å². The SMILES string of the molecule is Oc1cccc(OCCOCCOCCOCc2cccc(COCCOCCOCCOc3cccc(O)c3)n2)c1. The highest BCUT2D eigenvalue weighted by Crippen LogP contribution is 2.18. The van der Waals surface area contributed by atoms with Gasteiger partial charge in [0, 0.05) is 12.1 Å². The minimum absolute atomic E-state index is 0.171. The van der Waals surface area contributed by atoms with Crippen molar-refractivity contribution in [3.63, 3.8) is 0 Å². The van der Waals surface area contributed by atoms with Gasteiger partial charge < -0.3 is 48.1 Å². The first-order valence-electron chi connectivity index (χ1n) is 13.9. The van der Waals surface area contributed by atoms with E-state index in [1.165, 1.54) is 0 Å². The summed E-state index contributed by atoms with van der Waals surface area (Å²) in [6.45, 7) is 6.13. The van der Waals surface area contributed by atoms with Crippen LogP contribution in [0, 0.1) is 0 Å². The highest BCUT2D eigenvalue weighted by Gasteiger charge is 2.01. The normalized spacial score (nSPS) is 11.0. The van der Waals surface area contributed by atoms with Gasteiger partial charge in [-0.05, 0) is 36.4 Å². The van der Waals surface area contributed by atoms with Gasteiger partial charge in [0.15, 0.2) is 0 Å². The van der Waals surface area contributed by atoms with Gasteiger partial charge in [0.05, 0.1) is 90.7 Å². The van der Waals surface area contributed by atoms with E-state index in [4.69, 9.17) is 37.9 Å². The molecule has 230 valence electrons. The maximum absolute atomic E-state index is 9.40. The lowest BCUT2D eigenvalue weighted by Gasteiger charge is -2.09. The van der Waals surface area contributed by atoms with Gasteiger partial charge in [0.2, 0.25) is 0 Å². The van der Waals surface area contributed by atoms with Crippen molar-refractivity contribution in [2.24, 2.45) is 0 Å². The summed E-state index contributed by atoms with van der Waals surface area (Å²) in [5, 5.41) is 18.8. The van der Waals surface area contributed by atoms with Gasteiger partial charge >= 0.3 is 0 Å². The number of hydrogen-bond acceptors (Lipinski definition) is 11. The van der Waals surface area contributed by atoms with Gasteiger partial charge in [0.1, 0.15) is 36.2 Å². The molecule has 0 atom stereocenters. The lowest BCUT2D eigenvalue weighted by molar-refractivity contribution is 0.00415. The van der Waals surface area contributed by atoms with Gasteiger partial charge in [0.25, 0.3) is 0 Å². The number of hydrogen-bond donors (Lipinski definition) is 2. The molecule has 0 aliphatic rings. The largest absolute Gasteiger partial charge is 0.508 e. The first-order valence-corrected chi connectivity index (χ1v) is 13.9. The van der Waals surface area contributed by atoms with Crippen molar-refractivity contribution < 1.29 is 48.1 Å². The molecule has 0 spiro atoms. The molecule has 0 bridgehead atoms. The molecule has 1 heterocycles. The molecule has 11 nitrogen and oxygen atoms in total.